The van der Waals surface area contributed by atoms with Crippen LogP contribution in [0.5, 0.6) is 0 Å². The first-order valence-corrected chi connectivity index (χ1v) is 12.7. The third-order valence-electron chi connectivity index (χ3n) is 6.91. The van der Waals surface area contributed by atoms with Crippen molar-refractivity contribution in [1.82, 2.24) is 9.80 Å². The molecule has 1 aromatic carbocycles. The van der Waals surface area contributed by atoms with Crippen molar-refractivity contribution in [2.24, 2.45) is 17.8 Å². The molecule has 2 heterocycles. The summed E-state index contributed by atoms with van der Waals surface area (Å²) in [6.45, 7) is 7.80. The molecular formula is C22H31F3N2O3S. The van der Waals surface area contributed by atoms with Crippen molar-refractivity contribution in [1.29, 1.82) is 0 Å². The maximum atomic E-state index is 12.6. The van der Waals surface area contributed by atoms with Crippen LogP contribution in [0.15, 0.2) is 29.2 Å². The van der Waals surface area contributed by atoms with Gasteiger partial charge in [-0.2, -0.15) is 13.2 Å². The Bertz CT molecular complexity index is 827. The number of likely N-dealkylation sites (tertiary alicyclic amines) is 2. The molecule has 3 atom stereocenters. The summed E-state index contributed by atoms with van der Waals surface area (Å²) < 4.78 is 66.7. The van der Waals surface area contributed by atoms with E-state index in [2.05, 4.69) is 9.80 Å². The molecule has 0 N–H and O–H groups in total. The topological polar surface area (TPSA) is 49.9 Å². The molecule has 1 aliphatic carbocycles. The molecule has 9 heteroatoms. The Hall–Kier alpha value is -1.16. The first kappa shape index (κ1) is 23.0. The quantitative estimate of drug-likeness (QED) is 0.528. The number of ether oxygens (including phenoxy) is 1. The van der Waals surface area contributed by atoms with Gasteiger partial charge in [-0.05, 0) is 67.8 Å². The molecule has 1 saturated carbocycles. The van der Waals surface area contributed by atoms with Gasteiger partial charge in [0.15, 0.2) is 0 Å². The van der Waals surface area contributed by atoms with Crippen molar-refractivity contribution in [2.75, 3.05) is 45.9 Å². The normalized spacial score (nSPS) is 27.4. The van der Waals surface area contributed by atoms with E-state index in [1.54, 1.807) is 0 Å². The Balaban J connectivity index is 1.13. The van der Waals surface area contributed by atoms with Gasteiger partial charge >= 0.3 is 5.51 Å². The van der Waals surface area contributed by atoms with Gasteiger partial charge in [0, 0.05) is 32.8 Å². The van der Waals surface area contributed by atoms with Crippen LogP contribution in [0, 0.1) is 17.8 Å². The fraction of sp³-hybridized carbons (Fsp3) is 0.727. The smallest absolute Gasteiger partial charge is 0.381 e. The molecule has 2 saturated heterocycles. The molecule has 3 fully saturated rings. The summed E-state index contributed by atoms with van der Waals surface area (Å²) in [5, 5.41) is 0. The van der Waals surface area contributed by atoms with Gasteiger partial charge in [-0.1, -0.05) is 18.6 Å². The van der Waals surface area contributed by atoms with Crippen LogP contribution < -0.4 is 0 Å². The Morgan fingerprint density at radius 3 is 2.23 bits per heavy atom. The Kier molecular flexibility index (Phi) is 6.96. The van der Waals surface area contributed by atoms with Gasteiger partial charge in [0.25, 0.3) is 9.84 Å². The van der Waals surface area contributed by atoms with Crippen molar-refractivity contribution < 1.29 is 26.3 Å². The third-order valence-corrected chi connectivity index (χ3v) is 8.42. The SMILES string of the molecule is O=S(=O)(c1ccc(CN2C[C@@H]3C(COCCCN4CCCCC4)[C@@H]3C2)cc1)C(F)(F)F. The van der Waals surface area contributed by atoms with Gasteiger partial charge < -0.3 is 9.64 Å². The van der Waals surface area contributed by atoms with Crippen molar-refractivity contribution in [3.63, 3.8) is 0 Å². The molecule has 0 amide bonds. The zero-order valence-electron chi connectivity index (χ0n) is 17.7. The Morgan fingerprint density at radius 1 is 0.968 bits per heavy atom. The van der Waals surface area contributed by atoms with E-state index in [-0.39, 0.29) is 0 Å². The number of rotatable bonds is 9. The molecule has 1 unspecified atom stereocenters. The number of benzene rings is 1. The van der Waals surface area contributed by atoms with Gasteiger partial charge in [0.05, 0.1) is 11.5 Å². The Morgan fingerprint density at radius 2 is 1.61 bits per heavy atom. The number of fused-ring (bicyclic) bond motifs is 1. The summed E-state index contributed by atoms with van der Waals surface area (Å²) >= 11 is 0. The van der Waals surface area contributed by atoms with Gasteiger partial charge in [-0.15, -0.1) is 0 Å². The zero-order valence-corrected chi connectivity index (χ0v) is 18.5. The summed E-state index contributed by atoms with van der Waals surface area (Å²) in [5.74, 6) is 1.92. The molecule has 0 spiro atoms. The summed E-state index contributed by atoms with van der Waals surface area (Å²) in [7, 11) is -5.28. The highest BCUT2D eigenvalue weighted by Crippen LogP contribution is 2.52. The largest absolute Gasteiger partial charge is 0.501 e. The third kappa shape index (κ3) is 5.43. The van der Waals surface area contributed by atoms with Gasteiger partial charge in [0.1, 0.15) is 0 Å². The van der Waals surface area contributed by atoms with Crippen molar-refractivity contribution in [2.45, 2.75) is 42.6 Å². The predicted molar refractivity (Wildman–Crippen MR) is 111 cm³/mol. The molecule has 0 radical (unpaired) electrons. The lowest BCUT2D eigenvalue weighted by Crippen LogP contribution is -2.31. The molecule has 0 bridgehead atoms. The molecule has 174 valence electrons. The average molecular weight is 461 g/mol. The van der Waals surface area contributed by atoms with Crippen molar-refractivity contribution in [3.05, 3.63) is 29.8 Å². The van der Waals surface area contributed by atoms with E-state index in [9.17, 15) is 21.6 Å². The maximum absolute atomic E-state index is 12.6. The van der Waals surface area contributed by atoms with Gasteiger partial charge in [-0.25, -0.2) is 8.42 Å². The Labute approximate surface area is 182 Å². The van der Waals surface area contributed by atoms with Crippen LogP contribution in [0.2, 0.25) is 0 Å². The number of halogens is 3. The van der Waals surface area contributed by atoms with Crippen LogP contribution in [0.4, 0.5) is 13.2 Å². The minimum absolute atomic E-state index is 0.628. The number of nitrogens with zero attached hydrogens (tertiary/aromatic N) is 2. The fourth-order valence-electron chi connectivity index (χ4n) is 5.07. The monoisotopic (exact) mass is 460 g/mol. The van der Waals surface area contributed by atoms with Crippen LogP contribution in [0.25, 0.3) is 0 Å². The van der Waals surface area contributed by atoms with E-state index in [1.165, 1.54) is 44.5 Å². The first-order chi connectivity index (χ1) is 14.8. The lowest BCUT2D eigenvalue weighted by Gasteiger charge is -2.26. The van der Waals surface area contributed by atoms with Crippen LogP contribution in [-0.2, 0) is 21.1 Å². The summed E-state index contributed by atoms with van der Waals surface area (Å²) in [6, 6.07) is 5.06. The minimum Gasteiger partial charge on any atom is -0.381 e. The lowest BCUT2D eigenvalue weighted by molar-refractivity contribution is -0.0436. The van der Waals surface area contributed by atoms with Crippen molar-refractivity contribution in [3.8, 4) is 0 Å². The molecule has 0 aromatic heterocycles. The second-order valence-corrected chi connectivity index (χ2v) is 11.1. The van der Waals surface area contributed by atoms with Crippen LogP contribution in [0.3, 0.4) is 0 Å². The van der Waals surface area contributed by atoms with Crippen molar-refractivity contribution >= 4 is 9.84 Å². The summed E-state index contributed by atoms with van der Waals surface area (Å²) in [6.07, 6.45) is 5.09. The van der Waals surface area contributed by atoms with Crippen LogP contribution in [-0.4, -0.2) is 69.7 Å². The number of hydrogen-bond acceptors (Lipinski definition) is 5. The number of alkyl halides is 3. The number of hydrogen-bond donors (Lipinski definition) is 0. The minimum atomic E-state index is -5.28. The van der Waals surface area contributed by atoms with E-state index in [0.717, 1.165) is 57.0 Å². The lowest BCUT2D eigenvalue weighted by atomic mass is 10.1. The maximum Gasteiger partial charge on any atom is 0.501 e. The van der Waals surface area contributed by atoms with E-state index in [4.69, 9.17) is 4.74 Å². The average Bonchev–Trinajstić information content (AvgIpc) is 3.18. The van der Waals surface area contributed by atoms with E-state index in [1.807, 2.05) is 0 Å². The van der Waals surface area contributed by atoms with Crippen LogP contribution in [0.1, 0.15) is 31.2 Å². The van der Waals surface area contributed by atoms with E-state index in [0.29, 0.717) is 24.3 Å². The molecule has 31 heavy (non-hydrogen) atoms. The fourth-order valence-corrected chi connectivity index (χ4v) is 5.83. The molecule has 2 aliphatic heterocycles. The molecule has 1 aromatic rings. The predicted octanol–water partition coefficient (Wildman–Crippen LogP) is 3.55. The summed E-state index contributed by atoms with van der Waals surface area (Å²) in [4.78, 5) is 4.11. The zero-order chi connectivity index (χ0) is 22.1. The standard InChI is InChI=1S/C22H31F3N2O3S/c23-22(24,25)31(28,29)18-7-5-17(6-8-18)13-27-14-19-20(15-27)21(19)16-30-12-4-11-26-9-2-1-3-10-26/h5-8,19-21H,1-4,9-16H2/t19-,20+,21?. The summed E-state index contributed by atoms with van der Waals surface area (Å²) in [5.41, 5.74) is -4.44. The highest BCUT2D eigenvalue weighted by molar-refractivity contribution is 7.92. The molecular weight excluding hydrogens is 429 g/mol. The second-order valence-electron chi connectivity index (χ2n) is 9.11. The highest BCUT2D eigenvalue weighted by Gasteiger charge is 2.55. The molecule has 4 rings (SSSR count). The molecule has 5 nitrogen and oxygen atoms in total. The number of piperidine rings is 2. The first-order valence-electron chi connectivity index (χ1n) is 11.2. The van der Waals surface area contributed by atoms with Crippen LogP contribution >= 0.6 is 0 Å². The second kappa shape index (κ2) is 9.37. The highest BCUT2D eigenvalue weighted by atomic mass is 32.2. The van der Waals surface area contributed by atoms with Gasteiger partial charge in [0.2, 0.25) is 0 Å². The van der Waals surface area contributed by atoms with E-state index < -0.39 is 20.2 Å². The number of sulfone groups is 1. The van der Waals surface area contributed by atoms with Gasteiger partial charge in [-0.3, -0.25) is 4.90 Å². The van der Waals surface area contributed by atoms with E-state index >= 15 is 0 Å². The molecule has 3 aliphatic rings.